The summed E-state index contributed by atoms with van der Waals surface area (Å²) >= 11 is 6.35. The lowest BCUT2D eigenvalue weighted by molar-refractivity contribution is 0.355. The average Bonchev–Trinajstić information content (AvgIpc) is 3.21. The normalized spacial score (nSPS) is 16.4. The summed E-state index contributed by atoms with van der Waals surface area (Å²) in [6, 6.07) is 15.7. The van der Waals surface area contributed by atoms with Crippen LogP contribution in [0.3, 0.4) is 0 Å². The second-order valence-electron chi connectivity index (χ2n) is 7.59. The Morgan fingerprint density at radius 3 is 2.71 bits per heavy atom. The maximum Gasteiger partial charge on any atom is 0.149 e. The fourth-order valence-electron chi connectivity index (χ4n) is 4.05. The SMILES string of the molecule is COc1cccc(Oc2ccc(-c3nn([C@@H]4CCCNC4)c4ccncc34)cc2)c1Cl. The largest absolute Gasteiger partial charge is 0.495 e. The van der Waals surface area contributed by atoms with Crippen molar-refractivity contribution in [3.63, 3.8) is 0 Å². The predicted octanol–water partition coefficient (Wildman–Crippen LogP) is 5.48. The van der Waals surface area contributed by atoms with E-state index >= 15 is 0 Å². The van der Waals surface area contributed by atoms with Crippen LogP contribution >= 0.6 is 11.6 Å². The van der Waals surface area contributed by atoms with Gasteiger partial charge in [-0.3, -0.25) is 9.67 Å². The van der Waals surface area contributed by atoms with Crippen LogP contribution in [0.2, 0.25) is 5.02 Å². The van der Waals surface area contributed by atoms with Crippen molar-refractivity contribution in [1.82, 2.24) is 20.1 Å². The van der Waals surface area contributed by atoms with Crippen molar-refractivity contribution in [2.45, 2.75) is 18.9 Å². The maximum absolute atomic E-state index is 6.35. The van der Waals surface area contributed by atoms with E-state index in [-0.39, 0.29) is 0 Å². The molecular formula is C24H23ClN4O2. The molecule has 3 heterocycles. The van der Waals surface area contributed by atoms with E-state index in [1.807, 2.05) is 54.9 Å². The molecule has 6 nitrogen and oxygen atoms in total. The van der Waals surface area contributed by atoms with Crippen molar-refractivity contribution >= 4 is 22.5 Å². The lowest BCUT2D eigenvalue weighted by Gasteiger charge is -2.23. The van der Waals surface area contributed by atoms with Gasteiger partial charge >= 0.3 is 0 Å². The van der Waals surface area contributed by atoms with Crippen LogP contribution in [0, 0.1) is 0 Å². The van der Waals surface area contributed by atoms with Crippen LogP contribution in [0.1, 0.15) is 18.9 Å². The first-order valence-corrected chi connectivity index (χ1v) is 10.8. The summed E-state index contributed by atoms with van der Waals surface area (Å²) < 4.78 is 13.4. The first-order valence-electron chi connectivity index (χ1n) is 10.4. The zero-order valence-corrected chi connectivity index (χ0v) is 18.0. The molecule has 1 fully saturated rings. The number of benzene rings is 2. The number of rotatable bonds is 5. The third-order valence-electron chi connectivity index (χ3n) is 5.63. The van der Waals surface area contributed by atoms with Crippen LogP contribution in [-0.2, 0) is 0 Å². The van der Waals surface area contributed by atoms with Gasteiger partial charge in [-0.05, 0) is 61.9 Å². The number of nitrogens with zero attached hydrogens (tertiary/aromatic N) is 3. The topological polar surface area (TPSA) is 61.2 Å². The molecule has 0 aliphatic carbocycles. The van der Waals surface area contributed by atoms with Gasteiger partial charge in [-0.15, -0.1) is 0 Å². The van der Waals surface area contributed by atoms with Crippen LogP contribution < -0.4 is 14.8 Å². The number of piperidine rings is 1. The number of nitrogens with one attached hydrogen (secondary N) is 1. The van der Waals surface area contributed by atoms with Gasteiger partial charge in [0, 0.05) is 29.9 Å². The van der Waals surface area contributed by atoms with E-state index < -0.39 is 0 Å². The molecule has 5 rings (SSSR count). The number of pyridine rings is 1. The van der Waals surface area contributed by atoms with Gasteiger partial charge in [0.25, 0.3) is 0 Å². The highest BCUT2D eigenvalue weighted by molar-refractivity contribution is 6.33. The third kappa shape index (κ3) is 3.84. The molecule has 1 aliphatic heterocycles. The summed E-state index contributed by atoms with van der Waals surface area (Å²) in [7, 11) is 1.58. The standard InChI is InChI=1S/C24H23ClN4O2/c1-30-21-5-2-6-22(23(21)25)31-18-9-7-16(8-10-18)24-19-15-27-13-11-20(19)29(28-24)17-4-3-12-26-14-17/h2,5-11,13,15,17,26H,3-4,12,14H2,1H3/t17-/m1/s1. The zero-order valence-electron chi connectivity index (χ0n) is 17.2. The highest BCUT2D eigenvalue weighted by Crippen LogP contribution is 2.37. The van der Waals surface area contributed by atoms with Crippen molar-refractivity contribution in [1.29, 1.82) is 0 Å². The van der Waals surface area contributed by atoms with Crippen molar-refractivity contribution in [2.75, 3.05) is 20.2 Å². The van der Waals surface area contributed by atoms with Crippen molar-refractivity contribution < 1.29 is 9.47 Å². The number of ether oxygens (including phenoxy) is 2. The van der Waals surface area contributed by atoms with E-state index in [0.29, 0.717) is 28.3 Å². The summed E-state index contributed by atoms with van der Waals surface area (Å²) in [6.45, 7) is 2.01. The molecule has 0 unspecified atom stereocenters. The van der Waals surface area contributed by atoms with Crippen LogP contribution in [-0.4, -0.2) is 35.0 Å². The number of halogens is 1. The molecule has 0 radical (unpaired) electrons. The van der Waals surface area contributed by atoms with Crippen molar-refractivity contribution in [3.8, 4) is 28.5 Å². The zero-order chi connectivity index (χ0) is 21.2. The first kappa shape index (κ1) is 19.8. The molecule has 31 heavy (non-hydrogen) atoms. The summed E-state index contributed by atoms with van der Waals surface area (Å²) in [5, 5.41) is 9.97. The van der Waals surface area contributed by atoms with Crippen molar-refractivity contribution in [3.05, 3.63) is 65.9 Å². The minimum atomic E-state index is 0.352. The summed E-state index contributed by atoms with van der Waals surface area (Å²) in [5.41, 5.74) is 3.06. The molecule has 1 aliphatic rings. The lowest BCUT2D eigenvalue weighted by atomic mass is 10.1. The molecule has 0 bridgehead atoms. The molecule has 4 aromatic rings. The van der Waals surface area contributed by atoms with E-state index in [4.69, 9.17) is 26.2 Å². The smallest absolute Gasteiger partial charge is 0.149 e. The molecule has 0 saturated carbocycles. The van der Waals surface area contributed by atoms with Gasteiger partial charge in [-0.2, -0.15) is 5.10 Å². The van der Waals surface area contributed by atoms with Gasteiger partial charge in [0.1, 0.15) is 28.0 Å². The molecule has 0 amide bonds. The Labute approximate surface area is 185 Å². The Morgan fingerprint density at radius 1 is 1.10 bits per heavy atom. The number of aromatic nitrogens is 3. The molecule has 0 spiro atoms. The third-order valence-corrected chi connectivity index (χ3v) is 6.00. The number of hydrogen-bond donors (Lipinski definition) is 1. The van der Waals surface area contributed by atoms with Gasteiger partial charge in [0.05, 0.1) is 18.7 Å². The van der Waals surface area contributed by atoms with Crippen LogP contribution in [0.25, 0.3) is 22.2 Å². The highest BCUT2D eigenvalue weighted by Gasteiger charge is 2.21. The monoisotopic (exact) mass is 434 g/mol. The quantitative estimate of drug-likeness (QED) is 0.451. The van der Waals surface area contributed by atoms with Crippen LogP contribution in [0.15, 0.2) is 60.9 Å². The van der Waals surface area contributed by atoms with Gasteiger partial charge in [0.15, 0.2) is 0 Å². The number of fused-ring (bicyclic) bond motifs is 1. The Kier molecular flexibility index (Phi) is 5.49. The summed E-state index contributed by atoms with van der Waals surface area (Å²) in [4.78, 5) is 4.34. The predicted molar refractivity (Wildman–Crippen MR) is 122 cm³/mol. The van der Waals surface area contributed by atoms with Gasteiger partial charge in [-0.1, -0.05) is 17.7 Å². The number of hydrogen-bond acceptors (Lipinski definition) is 5. The second kappa shape index (κ2) is 8.57. The average molecular weight is 435 g/mol. The first-order chi connectivity index (χ1) is 15.2. The highest BCUT2D eigenvalue weighted by atomic mass is 35.5. The molecule has 158 valence electrons. The maximum atomic E-state index is 6.35. The van der Waals surface area contributed by atoms with E-state index in [1.165, 1.54) is 0 Å². The molecule has 7 heteroatoms. The molecule has 2 aromatic heterocycles. The minimum absolute atomic E-state index is 0.352. The lowest BCUT2D eigenvalue weighted by Crippen LogP contribution is -2.32. The molecule has 2 aromatic carbocycles. The Hall–Kier alpha value is -3.09. The van der Waals surface area contributed by atoms with Crippen LogP contribution in [0.4, 0.5) is 0 Å². The van der Waals surface area contributed by atoms with Gasteiger partial charge < -0.3 is 14.8 Å². The minimum Gasteiger partial charge on any atom is -0.495 e. The number of methoxy groups -OCH3 is 1. The molecule has 1 saturated heterocycles. The van der Waals surface area contributed by atoms with Gasteiger partial charge in [0.2, 0.25) is 0 Å². The van der Waals surface area contributed by atoms with E-state index in [0.717, 1.165) is 48.1 Å². The fourth-order valence-corrected chi connectivity index (χ4v) is 4.30. The summed E-state index contributed by atoms with van der Waals surface area (Å²) in [6.07, 6.45) is 6.01. The molecule has 1 N–H and O–H groups in total. The fraction of sp³-hybridized carbons (Fsp3) is 0.250. The van der Waals surface area contributed by atoms with Crippen LogP contribution in [0.5, 0.6) is 17.2 Å². The van der Waals surface area contributed by atoms with E-state index in [1.54, 1.807) is 13.2 Å². The molecule has 1 atom stereocenters. The van der Waals surface area contributed by atoms with E-state index in [2.05, 4.69) is 15.0 Å². The van der Waals surface area contributed by atoms with Gasteiger partial charge in [-0.25, -0.2) is 0 Å². The van der Waals surface area contributed by atoms with Crippen molar-refractivity contribution in [2.24, 2.45) is 0 Å². The Balaban J connectivity index is 1.46. The Morgan fingerprint density at radius 2 is 1.94 bits per heavy atom. The Bertz CT molecular complexity index is 1200. The summed E-state index contributed by atoms with van der Waals surface area (Å²) in [5.74, 6) is 1.83. The van der Waals surface area contributed by atoms with E-state index in [9.17, 15) is 0 Å². The molecular weight excluding hydrogens is 412 g/mol. The second-order valence-corrected chi connectivity index (χ2v) is 7.96.